The Labute approximate surface area is 194 Å². The molecule has 0 fully saturated rings. The fraction of sp³-hybridized carbons (Fsp3) is 0.333. The van der Waals surface area contributed by atoms with Gasteiger partial charge in [-0.3, -0.25) is 9.59 Å². The van der Waals surface area contributed by atoms with Crippen molar-refractivity contribution in [1.82, 2.24) is 0 Å². The van der Waals surface area contributed by atoms with Crippen LogP contribution in [0.4, 0.5) is 11.4 Å². The highest BCUT2D eigenvalue weighted by Gasteiger charge is 2.47. The van der Waals surface area contributed by atoms with Crippen LogP contribution in [0.3, 0.4) is 0 Å². The first kappa shape index (κ1) is 22.3. The van der Waals surface area contributed by atoms with Gasteiger partial charge in [0.25, 0.3) is 0 Å². The van der Waals surface area contributed by atoms with Crippen LogP contribution in [0.5, 0.6) is 0 Å². The number of aryl methyl sites for hydroxylation is 1. The number of rotatable bonds is 5. The SMILES string of the molecule is CC(=O)N1c2ccc(NC(=O)CCc3cccs3)cc2C(C)(c2ccccc2)CC1(C)C. The van der Waals surface area contributed by atoms with E-state index < -0.39 is 0 Å². The van der Waals surface area contributed by atoms with Gasteiger partial charge in [0.15, 0.2) is 0 Å². The lowest BCUT2D eigenvalue weighted by atomic mass is 9.65. The fourth-order valence-corrected chi connectivity index (χ4v) is 5.90. The molecule has 1 N–H and O–H groups in total. The summed E-state index contributed by atoms with van der Waals surface area (Å²) in [6.07, 6.45) is 1.97. The van der Waals surface area contributed by atoms with E-state index in [-0.39, 0.29) is 22.8 Å². The first-order chi connectivity index (χ1) is 15.2. The van der Waals surface area contributed by atoms with Gasteiger partial charge < -0.3 is 10.2 Å². The molecule has 1 aliphatic rings. The molecule has 4 nitrogen and oxygen atoms in total. The molecule has 0 radical (unpaired) electrons. The van der Waals surface area contributed by atoms with Gasteiger partial charge in [0, 0.05) is 40.6 Å². The first-order valence-electron chi connectivity index (χ1n) is 11.0. The molecule has 1 aromatic heterocycles. The van der Waals surface area contributed by atoms with Crippen molar-refractivity contribution >= 4 is 34.5 Å². The summed E-state index contributed by atoms with van der Waals surface area (Å²) in [5.74, 6) is 0.0263. The summed E-state index contributed by atoms with van der Waals surface area (Å²) in [5, 5.41) is 5.10. The van der Waals surface area contributed by atoms with E-state index in [1.165, 1.54) is 10.4 Å². The maximum atomic E-state index is 12.6. The van der Waals surface area contributed by atoms with Crippen LogP contribution >= 0.6 is 11.3 Å². The third kappa shape index (κ3) is 4.22. The molecule has 0 aliphatic carbocycles. The monoisotopic (exact) mass is 446 g/mol. The van der Waals surface area contributed by atoms with Crippen molar-refractivity contribution in [2.24, 2.45) is 0 Å². The highest BCUT2D eigenvalue weighted by atomic mass is 32.1. The van der Waals surface area contributed by atoms with Crippen LogP contribution in [-0.4, -0.2) is 17.4 Å². The molecule has 1 aliphatic heterocycles. The maximum absolute atomic E-state index is 12.6. The maximum Gasteiger partial charge on any atom is 0.224 e. The number of thiophene rings is 1. The normalized spacial score (nSPS) is 19.3. The fourth-order valence-electron chi connectivity index (χ4n) is 5.19. The van der Waals surface area contributed by atoms with Crippen molar-refractivity contribution < 1.29 is 9.59 Å². The number of benzene rings is 2. The van der Waals surface area contributed by atoms with Crippen LogP contribution in [0.1, 0.15) is 56.5 Å². The highest BCUT2D eigenvalue weighted by Crippen LogP contribution is 2.51. The summed E-state index contributed by atoms with van der Waals surface area (Å²) in [6.45, 7) is 8.11. The third-order valence-electron chi connectivity index (χ3n) is 6.41. The zero-order chi connectivity index (χ0) is 22.9. The molecule has 2 amide bonds. The van der Waals surface area contributed by atoms with E-state index in [1.54, 1.807) is 18.3 Å². The molecule has 3 aromatic rings. The van der Waals surface area contributed by atoms with E-state index in [0.29, 0.717) is 6.42 Å². The van der Waals surface area contributed by atoms with Gasteiger partial charge in [-0.05, 0) is 67.5 Å². The number of fused-ring (bicyclic) bond motifs is 1. The largest absolute Gasteiger partial charge is 0.326 e. The Bertz CT molecular complexity index is 1120. The van der Waals surface area contributed by atoms with E-state index in [0.717, 1.165) is 29.8 Å². The number of hydrogen-bond donors (Lipinski definition) is 1. The number of nitrogens with one attached hydrogen (secondary N) is 1. The van der Waals surface area contributed by atoms with Gasteiger partial charge in [0.1, 0.15) is 0 Å². The molecule has 166 valence electrons. The minimum absolute atomic E-state index is 0.000623. The third-order valence-corrected chi connectivity index (χ3v) is 7.35. The molecule has 32 heavy (non-hydrogen) atoms. The van der Waals surface area contributed by atoms with Crippen molar-refractivity contribution in [1.29, 1.82) is 0 Å². The Morgan fingerprint density at radius 3 is 2.44 bits per heavy atom. The highest BCUT2D eigenvalue weighted by molar-refractivity contribution is 7.09. The summed E-state index contributed by atoms with van der Waals surface area (Å²) >= 11 is 1.67. The van der Waals surface area contributed by atoms with E-state index in [2.05, 4.69) is 62.5 Å². The second kappa shape index (κ2) is 8.55. The molecule has 2 heterocycles. The number of hydrogen-bond acceptors (Lipinski definition) is 3. The molecule has 1 unspecified atom stereocenters. The average molecular weight is 447 g/mol. The van der Waals surface area contributed by atoms with E-state index in [1.807, 2.05) is 34.5 Å². The molecule has 0 saturated carbocycles. The Kier molecular flexibility index (Phi) is 5.95. The first-order valence-corrected chi connectivity index (χ1v) is 11.9. The number of carbonyl (C=O) groups is 2. The molecule has 0 saturated heterocycles. The topological polar surface area (TPSA) is 49.4 Å². The Hall–Kier alpha value is -2.92. The summed E-state index contributed by atoms with van der Waals surface area (Å²) in [6, 6.07) is 20.4. The van der Waals surface area contributed by atoms with Gasteiger partial charge in [0.2, 0.25) is 11.8 Å². The van der Waals surface area contributed by atoms with Gasteiger partial charge in [0.05, 0.1) is 0 Å². The molecule has 1 atom stereocenters. The summed E-state index contributed by atoms with van der Waals surface area (Å²) in [7, 11) is 0. The Morgan fingerprint density at radius 2 is 1.78 bits per heavy atom. The lowest BCUT2D eigenvalue weighted by molar-refractivity contribution is -0.118. The minimum Gasteiger partial charge on any atom is -0.326 e. The van der Waals surface area contributed by atoms with Gasteiger partial charge >= 0.3 is 0 Å². The van der Waals surface area contributed by atoms with Gasteiger partial charge in [-0.2, -0.15) is 0 Å². The Balaban J connectivity index is 1.70. The molecule has 0 bridgehead atoms. The number of anilines is 2. The molecular weight excluding hydrogens is 416 g/mol. The zero-order valence-corrected chi connectivity index (χ0v) is 20.0. The molecule has 5 heteroatoms. The number of nitrogens with zero attached hydrogens (tertiary/aromatic N) is 1. The summed E-state index contributed by atoms with van der Waals surface area (Å²) in [5.41, 5.74) is 3.33. The van der Waals surface area contributed by atoms with E-state index in [4.69, 9.17) is 0 Å². The van der Waals surface area contributed by atoms with Crippen LogP contribution in [0, 0.1) is 0 Å². The predicted molar refractivity (Wildman–Crippen MR) is 132 cm³/mol. The van der Waals surface area contributed by atoms with Crippen LogP contribution < -0.4 is 10.2 Å². The second-order valence-electron chi connectivity index (χ2n) is 9.40. The molecule has 2 aromatic carbocycles. The van der Waals surface area contributed by atoms with Crippen LogP contribution in [0.2, 0.25) is 0 Å². The summed E-state index contributed by atoms with van der Waals surface area (Å²) < 4.78 is 0. The predicted octanol–water partition coefficient (Wildman–Crippen LogP) is 6.16. The van der Waals surface area contributed by atoms with Crippen LogP contribution in [-0.2, 0) is 21.4 Å². The van der Waals surface area contributed by atoms with Crippen LogP contribution in [0.15, 0.2) is 66.0 Å². The zero-order valence-electron chi connectivity index (χ0n) is 19.1. The van der Waals surface area contributed by atoms with Gasteiger partial charge in [-0.1, -0.05) is 43.3 Å². The molecular formula is C27H30N2O2S. The number of amides is 2. The van der Waals surface area contributed by atoms with Crippen molar-refractivity contribution in [3.63, 3.8) is 0 Å². The lowest BCUT2D eigenvalue weighted by Crippen LogP contribution is -2.55. The number of carbonyl (C=O) groups excluding carboxylic acids is 2. The standard InChI is InChI=1S/C27H30N2O2S/c1-19(30)29-24-14-12-21(28-25(31)15-13-22-11-8-16-32-22)17-23(24)27(4,18-26(29,2)3)20-9-6-5-7-10-20/h5-12,14,16-17H,13,15,18H2,1-4H3,(H,28,31). The van der Waals surface area contributed by atoms with Crippen molar-refractivity contribution in [2.45, 2.75) is 57.9 Å². The summed E-state index contributed by atoms with van der Waals surface area (Å²) in [4.78, 5) is 28.4. The smallest absolute Gasteiger partial charge is 0.224 e. The van der Waals surface area contributed by atoms with Crippen molar-refractivity contribution in [3.05, 3.63) is 82.0 Å². The molecule has 0 spiro atoms. The minimum atomic E-state index is -0.338. The Morgan fingerprint density at radius 1 is 1.03 bits per heavy atom. The van der Waals surface area contributed by atoms with E-state index >= 15 is 0 Å². The van der Waals surface area contributed by atoms with Gasteiger partial charge in [-0.25, -0.2) is 0 Å². The second-order valence-corrected chi connectivity index (χ2v) is 10.4. The van der Waals surface area contributed by atoms with Crippen molar-refractivity contribution in [2.75, 3.05) is 10.2 Å². The lowest BCUT2D eigenvalue weighted by Gasteiger charge is -2.51. The average Bonchev–Trinajstić information content (AvgIpc) is 3.26. The molecule has 4 rings (SSSR count). The van der Waals surface area contributed by atoms with Crippen LogP contribution in [0.25, 0.3) is 0 Å². The quantitative estimate of drug-likeness (QED) is 0.510. The van der Waals surface area contributed by atoms with E-state index in [9.17, 15) is 9.59 Å². The van der Waals surface area contributed by atoms with Gasteiger partial charge in [-0.15, -0.1) is 11.3 Å². The van der Waals surface area contributed by atoms with Crippen molar-refractivity contribution in [3.8, 4) is 0 Å².